The zero-order chi connectivity index (χ0) is 10.8. The standard InChI is InChI=1S/C11H12O4/c1-7-6-14-9-4-3-8(11(12)13-2)5-10(9)15-7/h3-5,7H,6H2,1-2H3. The fourth-order valence-corrected chi connectivity index (χ4v) is 1.42. The van der Waals surface area contributed by atoms with Crippen LogP contribution in [0.3, 0.4) is 0 Å². The largest absolute Gasteiger partial charge is 0.486 e. The van der Waals surface area contributed by atoms with Crippen molar-refractivity contribution in [2.24, 2.45) is 0 Å². The Kier molecular flexibility index (Phi) is 2.49. The van der Waals surface area contributed by atoms with Gasteiger partial charge in [0.1, 0.15) is 12.7 Å². The fraction of sp³-hybridized carbons (Fsp3) is 0.364. The summed E-state index contributed by atoms with van der Waals surface area (Å²) in [6, 6.07) is 5.01. The van der Waals surface area contributed by atoms with E-state index in [0.29, 0.717) is 23.7 Å². The van der Waals surface area contributed by atoms with Crippen molar-refractivity contribution in [3.63, 3.8) is 0 Å². The number of esters is 1. The SMILES string of the molecule is COC(=O)c1ccc2c(c1)OC(C)CO2. The van der Waals surface area contributed by atoms with Crippen molar-refractivity contribution in [2.45, 2.75) is 13.0 Å². The molecular formula is C11H12O4. The topological polar surface area (TPSA) is 44.8 Å². The second kappa shape index (κ2) is 3.81. The van der Waals surface area contributed by atoms with Crippen molar-refractivity contribution in [3.8, 4) is 11.5 Å². The summed E-state index contributed by atoms with van der Waals surface area (Å²) < 4.78 is 15.6. The number of carbonyl (C=O) groups is 1. The van der Waals surface area contributed by atoms with Gasteiger partial charge >= 0.3 is 5.97 Å². The van der Waals surface area contributed by atoms with E-state index < -0.39 is 0 Å². The molecule has 0 bridgehead atoms. The minimum atomic E-state index is -0.375. The summed E-state index contributed by atoms with van der Waals surface area (Å²) in [7, 11) is 1.35. The highest BCUT2D eigenvalue weighted by Gasteiger charge is 2.19. The van der Waals surface area contributed by atoms with Crippen LogP contribution in [0.25, 0.3) is 0 Å². The summed E-state index contributed by atoms with van der Waals surface area (Å²) in [5.41, 5.74) is 0.467. The zero-order valence-electron chi connectivity index (χ0n) is 8.65. The van der Waals surface area contributed by atoms with Crippen molar-refractivity contribution in [1.82, 2.24) is 0 Å². The highest BCUT2D eigenvalue weighted by atomic mass is 16.6. The van der Waals surface area contributed by atoms with Crippen LogP contribution in [-0.4, -0.2) is 25.8 Å². The molecule has 1 heterocycles. The zero-order valence-corrected chi connectivity index (χ0v) is 8.65. The molecule has 0 N–H and O–H groups in total. The Bertz CT molecular complexity index is 386. The first-order valence-corrected chi connectivity index (χ1v) is 4.72. The van der Waals surface area contributed by atoms with Crippen LogP contribution in [0.4, 0.5) is 0 Å². The second-order valence-corrected chi connectivity index (χ2v) is 3.39. The molecule has 4 nitrogen and oxygen atoms in total. The lowest BCUT2D eigenvalue weighted by Gasteiger charge is -2.23. The number of ether oxygens (including phenoxy) is 3. The van der Waals surface area contributed by atoms with Gasteiger partial charge in [-0.15, -0.1) is 0 Å². The minimum absolute atomic E-state index is 0.00500. The van der Waals surface area contributed by atoms with E-state index in [0.717, 1.165) is 0 Å². The third-order valence-corrected chi connectivity index (χ3v) is 2.17. The monoisotopic (exact) mass is 208 g/mol. The summed E-state index contributed by atoms with van der Waals surface area (Å²) in [5.74, 6) is 0.886. The molecule has 0 spiro atoms. The van der Waals surface area contributed by atoms with Crippen LogP contribution >= 0.6 is 0 Å². The summed E-state index contributed by atoms with van der Waals surface area (Å²) in [4.78, 5) is 11.3. The van der Waals surface area contributed by atoms with Gasteiger partial charge in [-0.1, -0.05) is 0 Å². The average molecular weight is 208 g/mol. The number of rotatable bonds is 1. The predicted molar refractivity (Wildman–Crippen MR) is 53.4 cm³/mol. The van der Waals surface area contributed by atoms with Gasteiger partial charge in [-0.25, -0.2) is 4.79 Å². The molecule has 4 heteroatoms. The van der Waals surface area contributed by atoms with Crippen LogP contribution in [0.2, 0.25) is 0 Å². The van der Waals surface area contributed by atoms with E-state index in [4.69, 9.17) is 9.47 Å². The summed E-state index contributed by atoms with van der Waals surface area (Å²) in [5, 5.41) is 0. The first kappa shape index (κ1) is 9.83. The molecule has 0 amide bonds. The van der Waals surface area contributed by atoms with E-state index >= 15 is 0 Å². The Morgan fingerprint density at radius 2 is 2.27 bits per heavy atom. The van der Waals surface area contributed by atoms with Crippen LogP contribution in [0, 0.1) is 0 Å². The first-order chi connectivity index (χ1) is 7.20. The summed E-state index contributed by atoms with van der Waals surface area (Å²) in [6.07, 6.45) is 0.00500. The summed E-state index contributed by atoms with van der Waals surface area (Å²) in [6.45, 7) is 2.44. The average Bonchev–Trinajstić information content (AvgIpc) is 2.27. The highest BCUT2D eigenvalue weighted by molar-refractivity contribution is 5.90. The maximum Gasteiger partial charge on any atom is 0.337 e. The third kappa shape index (κ3) is 1.88. The lowest BCUT2D eigenvalue weighted by Crippen LogP contribution is -2.25. The molecular weight excluding hydrogens is 196 g/mol. The molecule has 2 rings (SSSR count). The Hall–Kier alpha value is -1.71. The van der Waals surface area contributed by atoms with Crippen LogP contribution in [0.15, 0.2) is 18.2 Å². The summed E-state index contributed by atoms with van der Waals surface area (Å²) >= 11 is 0. The molecule has 1 aliphatic heterocycles. The minimum Gasteiger partial charge on any atom is -0.486 e. The first-order valence-electron chi connectivity index (χ1n) is 4.72. The van der Waals surface area contributed by atoms with E-state index in [1.165, 1.54) is 7.11 Å². The van der Waals surface area contributed by atoms with E-state index in [2.05, 4.69) is 4.74 Å². The molecule has 0 fully saturated rings. The van der Waals surface area contributed by atoms with Gasteiger partial charge < -0.3 is 14.2 Å². The van der Waals surface area contributed by atoms with Gasteiger partial charge in [-0.2, -0.15) is 0 Å². The lowest BCUT2D eigenvalue weighted by atomic mass is 10.2. The molecule has 0 aromatic heterocycles. The molecule has 0 radical (unpaired) electrons. The van der Waals surface area contributed by atoms with Gasteiger partial charge in [0.15, 0.2) is 11.5 Å². The van der Waals surface area contributed by atoms with Crippen LogP contribution in [0.1, 0.15) is 17.3 Å². The van der Waals surface area contributed by atoms with Gasteiger partial charge in [-0.05, 0) is 25.1 Å². The molecule has 1 aromatic rings. The number of methoxy groups -OCH3 is 1. The van der Waals surface area contributed by atoms with Crippen LogP contribution in [0.5, 0.6) is 11.5 Å². The molecule has 80 valence electrons. The van der Waals surface area contributed by atoms with Gasteiger partial charge in [0.25, 0.3) is 0 Å². The Balaban J connectivity index is 2.32. The Labute approximate surface area is 87.8 Å². The molecule has 0 saturated heterocycles. The molecule has 1 unspecified atom stereocenters. The van der Waals surface area contributed by atoms with Crippen molar-refractivity contribution in [2.75, 3.05) is 13.7 Å². The fourth-order valence-electron chi connectivity index (χ4n) is 1.42. The maximum absolute atomic E-state index is 11.3. The van der Waals surface area contributed by atoms with Crippen molar-refractivity contribution >= 4 is 5.97 Å². The third-order valence-electron chi connectivity index (χ3n) is 2.17. The molecule has 0 saturated carbocycles. The lowest BCUT2D eigenvalue weighted by molar-refractivity contribution is 0.0597. The van der Waals surface area contributed by atoms with Gasteiger partial charge in [0.2, 0.25) is 0 Å². The van der Waals surface area contributed by atoms with Gasteiger partial charge in [0, 0.05) is 0 Å². The number of hydrogen-bond donors (Lipinski definition) is 0. The number of hydrogen-bond acceptors (Lipinski definition) is 4. The molecule has 15 heavy (non-hydrogen) atoms. The Morgan fingerprint density at radius 1 is 1.47 bits per heavy atom. The van der Waals surface area contributed by atoms with Gasteiger partial charge in [-0.3, -0.25) is 0 Å². The number of fused-ring (bicyclic) bond motifs is 1. The molecule has 1 atom stereocenters. The maximum atomic E-state index is 11.3. The van der Waals surface area contributed by atoms with E-state index in [1.54, 1.807) is 18.2 Å². The van der Waals surface area contributed by atoms with Crippen LogP contribution in [-0.2, 0) is 4.74 Å². The van der Waals surface area contributed by atoms with E-state index in [9.17, 15) is 4.79 Å². The molecule has 1 aliphatic rings. The van der Waals surface area contributed by atoms with Crippen molar-refractivity contribution in [1.29, 1.82) is 0 Å². The van der Waals surface area contributed by atoms with Crippen LogP contribution < -0.4 is 9.47 Å². The molecule has 0 aliphatic carbocycles. The smallest absolute Gasteiger partial charge is 0.337 e. The second-order valence-electron chi connectivity index (χ2n) is 3.39. The van der Waals surface area contributed by atoms with Gasteiger partial charge in [0.05, 0.1) is 12.7 Å². The van der Waals surface area contributed by atoms with Crippen molar-refractivity contribution < 1.29 is 19.0 Å². The van der Waals surface area contributed by atoms with Crippen molar-refractivity contribution in [3.05, 3.63) is 23.8 Å². The van der Waals surface area contributed by atoms with E-state index in [-0.39, 0.29) is 12.1 Å². The quantitative estimate of drug-likeness (QED) is 0.658. The molecule has 1 aromatic carbocycles. The van der Waals surface area contributed by atoms with E-state index in [1.807, 2.05) is 6.92 Å². The Morgan fingerprint density at radius 3 is 3.00 bits per heavy atom. The highest BCUT2D eigenvalue weighted by Crippen LogP contribution is 2.32. The number of carbonyl (C=O) groups excluding carboxylic acids is 1. The predicted octanol–water partition coefficient (Wildman–Crippen LogP) is 1.63. The number of benzene rings is 1. The normalized spacial score (nSPS) is 18.4.